The first kappa shape index (κ1) is 40.8. The summed E-state index contributed by atoms with van der Waals surface area (Å²) in [5.74, 6) is -4.69. The van der Waals surface area contributed by atoms with Gasteiger partial charge in [-0.2, -0.15) is 0 Å². The van der Waals surface area contributed by atoms with Gasteiger partial charge in [-0.3, -0.25) is 24.2 Å². The molecule has 3 heterocycles. The normalized spacial score (nSPS) is 22.5. The van der Waals surface area contributed by atoms with Crippen LogP contribution in [0, 0.1) is 23.7 Å². The van der Waals surface area contributed by atoms with Gasteiger partial charge in [0.25, 0.3) is 0 Å². The summed E-state index contributed by atoms with van der Waals surface area (Å²) in [5.41, 5.74) is -0.432. The fraction of sp³-hybridized carbons (Fsp3) is 0.694. The van der Waals surface area contributed by atoms with Crippen LogP contribution in [0.4, 0.5) is 4.79 Å². The molecule has 2 aromatic heterocycles. The zero-order valence-electron chi connectivity index (χ0n) is 30.9. The number of hydrogen-bond acceptors (Lipinski definition) is 10. The highest BCUT2D eigenvalue weighted by molar-refractivity contribution is 6.15. The van der Waals surface area contributed by atoms with Crippen molar-refractivity contribution in [1.29, 1.82) is 0 Å². The number of hydrogen-bond donors (Lipinski definition) is 2. The van der Waals surface area contributed by atoms with E-state index in [1.54, 1.807) is 17.8 Å². The zero-order chi connectivity index (χ0) is 37.2. The zero-order valence-corrected chi connectivity index (χ0v) is 30.9. The molecule has 0 saturated carbocycles. The topological polar surface area (TPSA) is 166 Å². The van der Waals surface area contributed by atoms with Crippen molar-refractivity contribution in [3.05, 3.63) is 30.6 Å². The summed E-state index contributed by atoms with van der Waals surface area (Å²) >= 11 is 0. The Morgan fingerprint density at radius 2 is 1.88 bits per heavy atom. The van der Waals surface area contributed by atoms with Crippen LogP contribution in [-0.4, -0.2) is 105 Å². The van der Waals surface area contributed by atoms with E-state index >= 15 is 0 Å². The van der Waals surface area contributed by atoms with Crippen LogP contribution in [0.25, 0.3) is 11.4 Å². The summed E-state index contributed by atoms with van der Waals surface area (Å²) in [7, 11) is 8.05. The van der Waals surface area contributed by atoms with Crippen molar-refractivity contribution in [2.24, 2.45) is 23.7 Å². The molecular formula is C36H55BN6O7. The number of pyridine rings is 1. The highest BCUT2D eigenvalue weighted by Gasteiger charge is 2.55. The van der Waals surface area contributed by atoms with Crippen LogP contribution < -0.4 is 5.32 Å². The third-order valence-corrected chi connectivity index (χ3v) is 10.7. The van der Waals surface area contributed by atoms with Gasteiger partial charge >= 0.3 is 12.1 Å². The molecule has 0 spiro atoms. The van der Waals surface area contributed by atoms with Crippen LogP contribution in [0.5, 0.6) is 0 Å². The van der Waals surface area contributed by atoms with Gasteiger partial charge in [0.05, 0.1) is 31.4 Å². The molecule has 0 aliphatic carbocycles. The number of cyclic esters (lactones) is 1. The number of rotatable bonds is 22. The molecular weight excluding hydrogens is 639 g/mol. The number of carbonyl (C=O) groups is 4. The second-order valence-electron chi connectivity index (χ2n) is 14.2. The number of unbranched alkanes of at least 4 members (excludes halogenated alkanes) is 1. The molecule has 1 aliphatic heterocycles. The summed E-state index contributed by atoms with van der Waals surface area (Å²) in [4.78, 5) is 55.8. The first-order chi connectivity index (χ1) is 23.6. The van der Waals surface area contributed by atoms with Crippen LogP contribution in [0.2, 0.25) is 5.82 Å². The number of aryl methyl sites for hydroxylation is 1. The number of ketones is 1. The highest BCUT2D eigenvalue weighted by Crippen LogP contribution is 2.41. The summed E-state index contributed by atoms with van der Waals surface area (Å²) in [6.45, 7) is 14.8. The van der Waals surface area contributed by atoms with Gasteiger partial charge in [0.15, 0.2) is 0 Å². The van der Waals surface area contributed by atoms with Crippen LogP contribution >= 0.6 is 0 Å². The second kappa shape index (κ2) is 18.0. The summed E-state index contributed by atoms with van der Waals surface area (Å²) in [6.07, 6.45) is 6.64. The van der Waals surface area contributed by atoms with Crippen molar-refractivity contribution in [3.8, 4) is 11.4 Å². The molecule has 274 valence electrons. The standard InChI is InChI=1S/C36H55BN6O7/c1-9-24(3)35(7)32(43(34(48)50-35)18-13-12-17-42-22-29(40-41-42)28-14-10-11-16-38-28)27(6)39-21-23(2)20-36(49-8,15-19-44)31(37)25(4)30(45)26(5)33(46)47/h10-11,14,16,19,22-27,31-32,39H,9,12-13,15,17-18,20-21H2,1-8H3,(H,46,47)/t23-,24-,25+,26-,27-,31-,32-,35-,36-/m1/s1. The van der Waals surface area contributed by atoms with Gasteiger partial charge in [0.1, 0.15) is 29.3 Å². The molecule has 3 rings (SSSR count). The summed E-state index contributed by atoms with van der Waals surface area (Å²) in [6, 6.07) is 5.24. The van der Waals surface area contributed by atoms with E-state index in [9.17, 15) is 24.3 Å². The predicted molar refractivity (Wildman–Crippen MR) is 189 cm³/mol. The molecule has 0 bridgehead atoms. The predicted octanol–water partition coefficient (Wildman–Crippen LogP) is 4.61. The van der Waals surface area contributed by atoms with Gasteiger partial charge in [-0.1, -0.05) is 39.0 Å². The molecule has 1 saturated heterocycles. The van der Waals surface area contributed by atoms with Crippen LogP contribution in [-0.2, 0) is 30.4 Å². The lowest BCUT2D eigenvalue weighted by Crippen LogP contribution is -2.58. The number of methoxy groups -OCH3 is 1. The lowest BCUT2D eigenvalue weighted by atomic mass is 9.61. The summed E-state index contributed by atoms with van der Waals surface area (Å²) < 4.78 is 13.8. The number of nitrogens with zero attached hydrogens (tertiary/aromatic N) is 5. The number of Topliss-reactive ketones (excluding diaryl/α,β-unsaturated/α-hetero) is 1. The van der Waals surface area contributed by atoms with Crippen LogP contribution in [0.1, 0.15) is 80.6 Å². The van der Waals surface area contributed by atoms with Gasteiger partial charge in [-0.05, 0) is 82.8 Å². The van der Waals surface area contributed by atoms with E-state index in [0.29, 0.717) is 31.7 Å². The van der Waals surface area contributed by atoms with Crippen LogP contribution in [0.3, 0.4) is 0 Å². The molecule has 1 aliphatic rings. The van der Waals surface area contributed by atoms with E-state index in [-0.39, 0.29) is 36.4 Å². The molecule has 2 aromatic rings. The third-order valence-electron chi connectivity index (χ3n) is 10.7. The summed E-state index contributed by atoms with van der Waals surface area (Å²) in [5, 5.41) is 21.5. The Hall–Kier alpha value is -3.65. The lowest BCUT2D eigenvalue weighted by molar-refractivity contribution is -0.148. The molecule has 14 heteroatoms. The van der Waals surface area contributed by atoms with Crippen molar-refractivity contribution in [1.82, 2.24) is 30.2 Å². The maximum absolute atomic E-state index is 13.4. The van der Waals surface area contributed by atoms with E-state index in [2.05, 4.69) is 41.4 Å². The van der Waals surface area contributed by atoms with Crippen molar-refractivity contribution >= 4 is 32.0 Å². The van der Waals surface area contributed by atoms with Gasteiger partial charge in [0, 0.05) is 44.8 Å². The van der Waals surface area contributed by atoms with E-state index < -0.39 is 40.6 Å². The molecule has 13 nitrogen and oxygen atoms in total. The highest BCUT2D eigenvalue weighted by atomic mass is 16.6. The third kappa shape index (κ3) is 9.36. The number of aliphatic carboxylic acids is 1. The fourth-order valence-corrected chi connectivity index (χ4v) is 7.23. The molecule has 9 atom stereocenters. The van der Waals surface area contributed by atoms with Crippen molar-refractivity contribution in [2.45, 2.75) is 116 Å². The number of aromatic nitrogens is 4. The molecule has 2 radical (unpaired) electrons. The molecule has 50 heavy (non-hydrogen) atoms. The number of carboxylic acid groups (broad SMARTS) is 1. The van der Waals surface area contributed by atoms with E-state index in [4.69, 9.17) is 17.3 Å². The van der Waals surface area contributed by atoms with Crippen molar-refractivity contribution in [3.63, 3.8) is 0 Å². The van der Waals surface area contributed by atoms with Crippen LogP contribution in [0.15, 0.2) is 30.6 Å². The SMILES string of the molecule is [B][C@H]([C@@H](C)C(=O)[C@@H](C)C(=O)O)[C@@](CC=O)(C[C@@H](C)CN[C@H](C)[C@H]1N(CCCCn2cc(-c3ccccn3)nn2)C(=O)O[C@]1(C)[C@H](C)CC)OC. The average Bonchev–Trinajstić information content (AvgIpc) is 3.69. The Labute approximate surface area is 297 Å². The molecule has 0 unspecified atom stereocenters. The molecule has 2 N–H and O–H groups in total. The van der Waals surface area contributed by atoms with E-state index in [1.807, 2.05) is 43.1 Å². The second-order valence-corrected chi connectivity index (χ2v) is 14.2. The van der Waals surface area contributed by atoms with E-state index in [0.717, 1.165) is 31.2 Å². The molecule has 1 amide bonds. The minimum Gasteiger partial charge on any atom is -0.481 e. The Balaban J connectivity index is 1.68. The largest absolute Gasteiger partial charge is 0.481 e. The Bertz CT molecular complexity index is 1430. The number of nitrogens with one attached hydrogen (secondary N) is 1. The number of aldehydes is 1. The quantitative estimate of drug-likeness (QED) is 0.0765. The fourth-order valence-electron chi connectivity index (χ4n) is 7.23. The smallest absolute Gasteiger partial charge is 0.410 e. The monoisotopic (exact) mass is 694 g/mol. The first-order valence-corrected chi connectivity index (χ1v) is 17.7. The Morgan fingerprint density at radius 1 is 1.18 bits per heavy atom. The van der Waals surface area contributed by atoms with Gasteiger partial charge in [0.2, 0.25) is 0 Å². The lowest BCUT2D eigenvalue weighted by Gasteiger charge is -2.43. The maximum Gasteiger partial charge on any atom is 0.410 e. The Morgan fingerprint density at radius 3 is 2.48 bits per heavy atom. The number of ether oxygens (including phenoxy) is 2. The van der Waals surface area contributed by atoms with E-state index in [1.165, 1.54) is 14.0 Å². The Kier molecular flexibility index (Phi) is 14.7. The molecule has 0 aromatic carbocycles. The van der Waals surface area contributed by atoms with Crippen molar-refractivity contribution < 1.29 is 33.8 Å². The van der Waals surface area contributed by atoms with Gasteiger partial charge < -0.3 is 24.7 Å². The van der Waals surface area contributed by atoms with Gasteiger partial charge in [-0.25, -0.2) is 4.79 Å². The number of carbonyl (C=O) groups excluding carboxylic acids is 3. The number of carboxylic acids is 1. The first-order valence-electron chi connectivity index (χ1n) is 17.7. The minimum absolute atomic E-state index is 0.0481. The van der Waals surface area contributed by atoms with Crippen molar-refractivity contribution in [2.75, 3.05) is 20.2 Å². The minimum atomic E-state index is -1.23. The average molecular weight is 695 g/mol. The number of amides is 1. The maximum atomic E-state index is 13.4. The molecule has 1 fully saturated rings. The van der Waals surface area contributed by atoms with Gasteiger partial charge in [-0.15, -0.1) is 5.10 Å².